The number of ether oxygens (including phenoxy) is 2. The molecule has 0 amide bonds. The molecule has 1 N–H and O–H groups in total. The van der Waals surface area contributed by atoms with Crippen molar-refractivity contribution < 1.29 is 24.2 Å². The van der Waals surface area contributed by atoms with Gasteiger partial charge in [0.15, 0.2) is 6.10 Å². The Labute approximate surface area is 351 Å². The second-order valence-electron chi connectivity index (χ2n) is 15.1. The summed E-state index contributed by atoms with van der Waals surface area (Å²) in [5, 5.41) is 9.59. The number of esters is 2. The van der Waals surface area contributed by atoms with Gasteiger partial charge in [0.1, 0.15) is 6.61 Å². The van der Waals surface area contributed by atoms with Gasteiger partial charge in [0.2, 0.25) is 0 Å². The topological polar surface area (TPSA) is 72.8 Å². The summed E-state index contributed by atoms with van der Waals surface area (Å²) in [6.07, 6.45) is 66.2. The van der Waals surface area contributed by atoms with Gasteiger partial charge in [0.25, 0.3) is 0 Å². The fourth-order valence-corrected chi connectivity index (χ4v) is 6.12. The second-order valence-corrected chi connectivity index (χ2v) is 15.1. The maximum atomic E-state index is 12.2. The van der Waals surface area contributed by atoms with Crippen molar-refractivity contribution in [3.63, 3.8) is 0 Å². The van der Waals surface area contributed by atoms with E-state index in [0.717, 1.165) is 96.3 Å². The molecular formula is C52H86O5. The van der Waals surface area contributed by atoms with E-state index in [1.165, 1.54) is 77.0 Å². The number of hydrogen-bond acceptors (Lipinski definition) is 5. The lowest BCUT2D eigenvalue weighted by Gasteiger charge is -2.15. The van der Waals surface area contributed by atoms with Crippen LogP contribution >= 0.6 is 0 Å². The third kappa shape index (κ3) is 45.4. The lowest BCUT2D eigenvalue weighted by Crippen LogP contribution is -2.28. The van der Waals surface area contributed by atoms with E-state index in [4.69, 9.17) is 9.47 Å². The number of hydrogen-bond donors (Lipinski definition) is 1. The number of rotatable bonds is 41. The smallest absolute Gasteiger partial charge is 0.306 e. The van der Waals surface area contributed by atoms with E-state index < -0.39 is 6.10 Å². The van der Waals surface area contributed by atoms with Crippen molar-refractivity contribution in [3.05, 3.63) is 97.2 Å². The highest BCUT2D eigenvalue weighted by Crippen LogP contribution is 2.13. The van der Waals surface area contributed by atoms with E-state index in [1.807, 2.05) is 0 Å². The fourth-order valence-electron chi connectivity index (χ4n) is 6.12. The van der Waals surface area contributed by atoms with Crippen LogP contribution in [0.4, 0.5) is 0 Å². The summed E-state index contributed by atoms with van der Waals surface area (Å²) in [6.45, 7) is 3.99. The van der Waals surface area contributed by atoms with Crippen LogP contribution in [0.2, 0.25) is 0 Å². The number of carbonyl (C=O) groups excluding carboxylic acids is 2. The van der Waals surface area contributed by atoms with Crippen LogP contribution in [0.1, 0.15) is 200 Å². The lowest BCUT2D eigenvalue weighted by atomic mass is 10.1. The third-order valence-electron chi connectivity index (χ3n) is 9.61. The fraction of sp³-hybridized carbons (Fsp3) is 0.654. The molecule has 1 unspecified atom stereocenters. The van der Waals surface area contributed by atoms with Crippen LogP contribution in [0, 0.1) is 0 Å². The second kappa shape index (κ2) is 47.2. The molecular weight excluding hydrogens is 705 g/mol. The Bertz CT molecular complexity index is 1120. The molecule has 5 heteroatoms. The van der Waals surface area contributed by atoms with Crippen LogP contribution in [0.15, 0.2) is 97.2 Å². The number of carbonyl (C=O) groups is 2. The van der Waals surface area contributed by atoms with Gasteiger partial charge in [-0.2, -0.15) is 0 Å². The Kier molecular flexibility index (Phi) is 44.6. The number of aliphatic hydroxyl groups excluding tert-OH is 1. The van der Waals surface area contributed by atoms with Gasteiger partial charge in [-0.15, -0.1) is 0 Å². The van der Waals surface area contributed by atoms with E-state index in [1.54, 1.807) is 0 Å². The predicted octanol–water partition coefficient (Wildman–Crippen LogP) is 15.2. The summed E-state index contributed by atoms with van der Waals surface area (Å²) < 4.78 is 10.6. The summed E-state index contributed by atoms with van der Waals surface area (Å²) in [6, 6.07) is 0. The molecule has 0 radical (unpaired) electrons. The largest absolute Gasteiger partial charge is 0.462 e. The highest BCUT2D eigenvalue weighted by molar-refractivity contribution is 5.70. The van der Waals surface area contributed by atoms with Crippen molar-refractivity contribution in [2.24, 2.45) is 0 Å². The summed E-state index contributed by atoms with van der Waals surface area (Å²) in [5.74, 6) is -0.619. The Morgan fingerprint density at radius 3 is 1.16 bits per heavy atom. The van der Waals surface area contributed by atoms with Gasteiger partial charge < -0.3 is 14.6 Å². The van der Waals surface area contributed by atoms with Crippen molar-refractivity contribution >= 4 is 11.9 Å². The summed E-state index contributed by atoms with van der Waals surface area (Å²) >= 11 is 0. The Hall–Kier alpha value is -3.18. The molecule has 0 aromatic carbocycles. The average Bonchev–Trinajstić information content (AvgIpc) is 3.21. The highest BCUT2D eigenvalue weighted by atomic mass is 16.6. The maximum absolute atomic E-state index is 12.2. The molecule has 0 saturated heterocycles. The average molecular weight is 791 g/mol. The number of aliphatic hydroxyl groups is 1. The summed E-state index contributed by atoms with van der Waals surface area (Å²) in [7, 11) is 0. The third-order valence-corrected chi connectivity index (χ3v) is 9.61. The van der Waals surface area contributed by atoms with Crippen LogP contribution in [0.5, 0.6) is 0 Å². The zero-order valence-electron chi connectivity index (χ0n) is 36.8. The molecule has 0 heterocycles. The van der Waals surface area contributed by atoms with Crippen molar-refractivity contribution in [1.29, 1.82) is 0 Å². The lowest BCUT2D eigenvalue weighted by molar-refractivity contribution is -0.161. The van der Waals surface area contributed by atoms with E-state index in [9.17, 15) is 14.7 Å². The number of allylic oxidation sites excluding steroid dienone is 16. The summed E-state index contributed by atoms with van der Waals surface area (Å²) in [5.41, 5.74) is 0. The molecule has 0 aromatic heterocycles. The molecule has 324 valence electrons. The standard InChI is InChI=1S/C52H86O5/c1-3-5-7-9-11-13-15-17-19-20-21-22-23-24-25-26-27-28-29-30-31-32-33-35-37-39-41-43-45-47-52(55)57-50(48-53)49-56-51(54)46-44-42-40-38-36-34-18-16-14-12-10-8-6-4-2/h5,7,11,13,16-19,21-22,24-25,27-28,30-31,50,53H,3-4,6,8-10,12,14-15,20,23,26,29,32-49H2,1-2H3/b7-5-,13-11-,18-16-,19-17-,22-21-,25-24-,28-27-,31-30-. The Morgan fingerprint density at radius 1 is 0.421 bits per heavy atom. The monoisotopic (exact) mass is 791 g/mol. The molecule has 0 fully saturated rings. The van der Waals surface area contributed by atoms with Crippen molar-refractivity contribution in [2.45, 2.75) is 206 Å². The van der Waals surface area contributed by atoms with Crippen LogP contribution < -0.4 is 0 Å². The van der Waals surface area contributed by atoms with Gasteiger partial charge >= 0.3 is 11.9 Å². The minimum atomic E-state index is -0.787. The molecule has 0 rings (SSSR count). The SMILES string of the molecule is CC/C=C\C/C=C\C/C=C\C/C=C\C/C=C\C/C=C\C/C=C\CCCCCCCCCC(=O)OC(CO)COC(=O)CCCCCCC/C=C\CCCCCCC. The van der Waals surface area contributed by atoms with Gasteiger partial charge in [-0.05, 0) is 96.3 Å². The molecule has 0 aromatic rings. The van der Waals surface area contributed by atoms with E-state index in [-0.39, 0.29) is 25.2 Å². The first-order chi connectivity index (χ1) is 28.1. The minimum absolute atomic E-state index is 0.0797. The van der Waals surface area contributed by atoms with Crippen LogP contribution in [-0.4, -0.2) is 36.4 Å². The first-order valence-electron chi connectivity index (χ1n) is 23.3. The number of unbranched alkanes of at least 4 members (excludes halogenated alkanes) is 17. The molecule has 57 heavy (non-hydrogen) atoms. The van der Waals surface area contributed by atoms with Crippen LogP contribution in [0.25, 0.3) is 0 Å². The van der Waals surface area contributed by atoms with Gasteiger partial charge in [0, 0.05) is 12.8 Å². The Morgan fingerprint density at radius 2 is 0.754 bits per heavy atom. The van der Waals surface area contributed by atoms with Gasteiger partial charge in [0.05, 0.1) is 6.61 Å². The Balaban J connectivity index is 3.62. The minimum Gasteiger partial charge on any atom is -0.462 e. The normalized spacial score (nSPS) is 13.1. The first-order valence-corrected chi connectivity index (χ1v) is 23.3. The van der Waals surface area contributed by atoms with E-state index >= 15 is 0 Å². The van der Waals surface area contributed by atoms with Gasteiger partial charge in [-0.3, -0.25) is 9.59 Å². The zero-order valence-corrected chi connectivity index (χ0v) is 36.8. The van der Waals surface area contributed by atoms with Gasteiger partial charge in [-0.25, -0.2) is 0 Å². The van der Waals surface area contributed by atoms with Crippen molar-refractivity contribution in [3.8, 4) is 0 Å². The van der Waals surface area contributed by atoms with Crippen molar-refractivity contribution in [2.75, 3.05) is 13.2 Å². The van der Waals surface area contributed by atoms with Crippen molar-refractivity contribution in [1.82, 2.24) is 0 Å². The molecule has 0 aliphatic heterocycles. The molecule has 0 aliphatic rings. The molecule has 0 aliphatic carbocycles. The van der Waals surface area contributed by atoms with Crippen LogP contribution in [-0.2, 0) is 19.1 Å². The molecule has 5 nitrogen and oxygen atoms in total. The zero-order chi connectivity index (χ0) is 41.4. The summed E-state index contributed by atoms with van der Waals surface area (Å²) in [4.78, 5) is 24.3. The molecule has 0 saturated carbocycles. The maximum Gasteiger partial charge on any atom is 0.306 e. The van der Waals surface area contributed by atoms with E-state index in [2.05, 4.69) is 111 Å². The van der Waals surface area contributed by atoms with E-state index in [0.29, 0.717) is 12.8 Å². The quantitative estimate of drug-likeness (QED) is 0.0379. The molecule has 0 spiro atoms. The molecule has 1 atom stereocenters. The highest BCUT2D eigenvalue weighted by Gasteiger charge is 2.16. The first kappa shape index (κ1) is 53.8. The molecule has 0 bridgehead atoms. The predicted molar refractivity (Wildman–Crippen MR) is 246 cm³/mol. The van der Waals surface area contributed by atoms with Gasteiger partial charge in [-0.1, -0.05) is 188 Å². The van der Waals surface area contributed by atoms with Crippen LogP contribution in [0.3, 0.4) is 0 Å².